The summed E-state index contributed by atoms with van der Waals surface area (Å²) in [6, 6.07) is 9.70. The molecular formula is C17H16BrClFNO2. The van der Waals surface area contributed by atoms with Gasteiger partial charge in [0.05, 0.1) is 24.0 Å². The fraction of sp³-hybridized carbons (Fsp3) is 0.235. The fourth-order valence-corrected chi connectivity index (χ4v) is 2.98. The molecule has 0 heterocycles. The number of carbonyl (C=O) groups is 1. The number of hydrogen-bond acceptors (Lipinski definition) is 2. The number of rotatable bonds is 5. The minimum atomic E-state index is -0.479. The van der Waals surface area contributed by atoms with Crippen LogP contribution >= 0.6 is 27.5 Å². The molecule has 0 aliphatic heterocycles. The van der Waals surface area contributed by atoms with E-state index in [1.165, 1.54) is 12.1 Å². The van der Waals surface area contributed by atoms with Gasteiger partial charge in [0.1, 0.15) is 11.6 Å². The van der Waals surface area contributed by atoms with Crippen LogP contribution in [0.3, 0.4) is 0 Å². The van der Waals surface area contributed by atoms with Crippen molar-refractivity contribution in [3.05, 3.63) is 62.8 Å². The normalized spacial score (nSPS) is 11.9. The van der Waals surface area contributed by atoms with Crippen molar-refractivity contribution in [2.75, 3.05) is 7.11 Å². The van der Waals surface area contributed by atoms with E-state index in [9.17, 15) is 9.18 Å². The fourth-order valence-electron chi connectivity index (χ4n) is 2.19. The molecule has 2 aromatic rings. The first-order valence-electron chi connectivity index (χ1n) is 6.98. The molecule has 2 aromatic carbocycles. The van der Waals surface area contributed by atoms with Crippen molar-refractivity contribution in [3.8, 4) is 5.75 Å². The van der Waals surface area contributed by atoms with Gasteiger partial charge in [-0.3, -0.25) is 4.79 Å². The highest BCUT2D eigenvalue weighted by Crippen LogP contribution is 2.28. The molecule has 0 spiro atoms. The lowest BCUT2D eigenvalue weighted by Crippen LogP contribution is -2.28. The first-order chi connectivity index (χ1) is 10.9. The maximum atomic E-state index is 13.7. The van der Waals surface area contributed by atoms with Crippen molar-refractivity contribution < 1.29 is 13.9 Å². The number of carbonyl (C=O) groups excluding carboxylic acids is 1. The van der Waals surface area contributed by atoms with Gasteiger partial charge >= 0.3 is 0 Å². The summed E-state index contributed by atoms with van der Waals surface area (Å²) >= 11 is 9.35. The summed E-state index contributed by atoms with van der Waals surface area (Å²) in [6.45, 7) is 1.86. The molecule has 1 atom stereocenters. The molecule has 0 radical (unpaired) electrons. The van der Waals surface area contributed by atoms with Gasteiger partial charge in [-0.2, -0.15) is 0 Å². The van der Waals surface area contributed by atoms with Crippen molar-refractivity contribution in [1.82, 2.24) is 5.32 Å². The maximum absolute atomic E-state index is 13.7. The second kappa shape index (κ2) is 7.79. The average molecular weight is 401 g/mol. The first kappa shape index (κ1) is 17.8. The van der Waals surface area contributed by atoms with Gasteiger partial charge in [-0.25, -0.2) is 4.39 Å². The van der Waals surface area contributed by atoms with Crippen LogP contribution in [0.5, 0.6) is 5.75 Å². The summed E-state index contributed by atoms with van der Waals surface area (Å²) in [5, 5.41) is 3.09. The monoisotopic (exact) mass is 399 g/mol. The van der Waals surface area contributed by atoms with E-state index in [0.29, 0.717) is 5.75 Å². The third-order valence-corrected chi connectivity index (χ3v) is 4.43. The molecule has 1 unspecified atom stereocenters. The van der Waals surface area contributed by atoms with E-state index in [0.717, 1.165) is 10.0 Å². The lowest BCUT2D eigenvalue weighted by Gasteiger charge is -2.16. The van der Waals surface area contributed by atoms with Crippen LogP contribution in [-0.2, 0) is 11.2 Å². The summed E-state index contributed by atoms with van der Waals surface area (Å²) in [5.74, 6) is -0.0608. The Balaban J connectivity index is 2.06. The number of amides is 1. The highest BCUT2D eigenvalue weighted by Gasteiger charge is 2.15. The van der Waals surface area contributed by atoms with E-state index < -0.39 is 5.82 Å². The zero-order chi connectivity index (χ0) is 17.0. The molecule has 0 aliphatic rings. The molecule has 1 amide bonds. The molecule has 0 aromatic heterocycles. The third kappa shape index (κ3) is 4.45. The molecular weight excluding hydrogens is 385 g/mol. The summed E-state index contributed by atoms with van der Waals surface area (Å²) in [6.07, 6.45) is -0.104. The predicted octanol–water partition coefficient (Wildman–Crippen LogP) is 4.67. The van der Waals surface area contributed by atoms with Gasteiger partial charge in [0, 0.05) is 10.6 Å². The Kier molecular flexibility index (Phi) is 6.02. The largest absolute Gasteiger partial charge is 0.496 e. The van der Waals surface area contributed by atoms with Gasteiger partial charge in [-0.1, -0.05) is 23.7 Å². The molecule has 1 N–H and O–H groups in total. The Morgan fingerprint density at radius 3 is 2.74 bits per heavy atom. The van der Waals surface area contributed by atoms with Crippen LogP contribution in [0.15, 0.2) is 40.9 Å². The van der Waals surface area contributed by atoms with Crippen molar-refractivity contribution >= 4 is 33.4 Å². The molecule has 122 valence electrons. The Hall–Kier alpha value is -1.59. The minimum Gasteiger partial charge on any atom is -0.496 e. The van der Waals surface area contributed by atoms with Crippen molar-refractivity contribution in [2.24, 2.45) is 0 Å². The Bertz CT molecular complexity index is 703. The van der Waals surface area contributed by atoms with Gasteiger partial charge in [0.15, 0.2) is 0 Å². The van der Waals surface area contributed by atoms with E-state index in [2.05, 4.69) is 21.2 Å². The van der Waals surface area contributed by atoms with Crippen LogP contribution in [0.2, 0.25) is 5.02 Å². The topological polar surface area (TPSA) is 38.3 Å². The highest BCUT2D eigenvalue weighted by atomic mass is 79.9. The Labute approximate surface area is 147 Å². The number of nitrogens with one attached hydrogen (secondary N) is 1. The summed E-state index contributed by atoms with van der Waals surface area (Å²) in [7, 11) is 1.59. The summed E-state index contributed by atoms with van der Waals surface area (Å²) in [5.41, 5.74) is 1.11. The van der Waals surface area contributed by atoms with Crippen LogP contribution in [0.1, 0.15) is 24.1 Å². The molecule has 0 saturated heterocycles. The third-order valence-electron chi connectivity index (χ3n) is 3.45. The molecule has 0 aliphatic carbocycles. The highest BCUT2D eigenvalue weighted by molar-refractivity contribution is 9.10. The van der Waals surface area contributed by atoms with Crippen LogP contribution in [0.4, 0.5) is 4.39 Å². The molecule has 3 nitrogen and oxygen atoms in total. The van der Waals surface area contributed by atoms with Crippen molar-refractivity contribution in [2.45, 2.75) is 19.4 Å². The molecule has 23 heavy (non-hydrogen) atoms. The number of ether oxygens (including phenoxy) is 1. The minimum absolute atomic E-state index is 0.104. The van der Waals surface area contributed by atoms with Gasteiger partial charge in [-0.05, 0) is 52.7 Å². The lowest BCUT2D eigenvalue weighted by molar-refractivity contribution is -0.121. The van der Waals surface area contributed by atoms with Gasteiger partial charge in [0.2, 0.25) is 5.91 Å². The lowest BCUT2D eigenvalue weighted by atomic mass is 10.1. The standard InChI is InChI=1S/C17H16BrClFNO2/c1-10(11-6-7-16(23-2)13(18)8-11)21-17(22)9-12-14(19)4-3-5-15(12)20/h3-8,10H,9H2,1-2H3,(H,21,22). The quantitative estimate of drug-likeness (QED) is 0.792. The second-order valence-electron chi connectivity index (χ2n) is 5.06. The maximum Gasteiger partial charge on any atom is 0.225 e. The first-order valence-corrected chi connectivity index (χ1v) is 8.15. The molecule has 0 fully saturated rings. The van der Waals surface area contributed by atoms with Crippen molar-refractivity contribution in [1.29, 1.82) is 0 Å². The van der Waals surface area contributed by atoms with Crippen LogP contribution in [0.25, 0.3) is 0 Å². The van der Waals surface area contributed by atoms with Crippen LogP contribution in [-0.4, -0.2) is 13.0 Å². The summed E-state index contributed by atoms with van der Waals surface area (Å²) in [4.78, 5) is 12.1. The predicted molar refractivity (Wildman–Crippen MR) is 92.4 cm³/mol. The van der Waals surface area contributed by atoms with E-state index in [-0.39, 0.29) is 29.0 Å². The summed E-state index contributed by atoms with van der Waals surface area (Å²) < 4.78 is 19.7. The van der Waals surface area contributed by atoms with Crippen LogP contribution < -0.4 is 10.1 Å². The Morgan fingerprint density at radius 2 is 2.13 bits per heavy atom. The molecule has 0 saturated carbocycles. The van der Waals surface area contributed by atoms with E-state index >= 15 is 0 Å². The molecule has 0 bridgehead atoms. The number of benzene rings is 2. The molecule has 2 rings (SSSR count). The number of methoxy groups -OCH3 is 1. The van der Waals surface area contributed by atoms with E-state index in [1.807, 2.05) is 25.1 Å². The number of halogens is 3. The van der Waals surface area contributed by atoms with Gasteiger partial charge in [0.25, 0.3) is 0 Å². The average Bonchev–Trinajstić information content (AvgIpc) is 2.51. The van der Waals surface area contributed by atoms with E-state index in [4.69, 9.17) is 16.3 Å². The van der Waals surface area contributed by atoms with Gasteiger partial charge in [-0.15, -0.1) is 0 Å². The SMILES string of the molecule is COc1ccc(C(C)NC(=O)Cc2c(F)cccc2Cl)cc1Br. The van der Waals surface area contributed by atoms with Crippen molar-refractivity contribution in [3.63, 3.8) is 0 Å². The smallest absolute Gasteiger partial charge is 0.225 e. The van der Waals surface area contributed by atoms with Gasteiger partial charge < -0.3 is 10.1 Å². The van der Waals surface area contributed by atoms with E-state index in [1.54, 1.807) is 13.2 Å². The molecule has 6 heteroatoms. The second-order valence-corrected chi connectivity index (χ2v) is 6.32. The zero-order valence-electron chi connectivity index (χ0n) is 12.7. The zero-order valence-corrected chi connectivity index (χ0v) is 15.0. The number of hydrogen-bond donors (Lipinski definition) is 1. The van der Waals surface area contributed by atoms with Crippen LogP contribution in [0, 0.1) is 5.82 Å². The Morgan fingerprint density at radius 1 is 1.39 bits per heavy atom.